The van der Waals surface area contributed by atoms with Crippen molar-refractivity contribution < 1.29 is 9.50 Å². The Hall–Kier alpha value is -1.73. The predicted molar refractivity (Wildman–Crippen MR) is 101 cm³/mol. The first kappa shape index (κ1) is 18.1. The molecule has 3 N–H and O–H groups in total. The van der Waals surface area contributed by atoms with E-state index in [0.29, 0.717) is 27.8 Å². The summed E-state index contributed by atoms with van der Waals surface area (Å²) in [6.45, 7) is 4.04. The highest BCUT2D eigenvalue weighted by molar-refractivity contribution is 9.10. The second-order valence-electron chi connectivity index (χ2n) is 6.70. The van der Waals surface area contributed by atoms with E-state index in [0.717, 1.165) is 18.5 Å². The molecule has 3 rings (SSSR count). The number of aliphatic hydroxyl groups is 1. The molecular weight excluding hydrogens is 387 g/mol. The molecule has 1 aliphatic rings. The molecule has 0 amide bonds. The van der Waals surface area contributed by atoms with Gasteiger partial charge in [-0.1, -0.05) is 29.8 Å². The maximum atomic E-state index is 14.1. The topological polar surface area (TPSA) is 70.1 Å². The van der Waals surface area contributed by atoms with Gasteiger partial charge in [0.25, 0.3) is 0 Å². The Morgan fingerprint density at radius 2 is 2.04 bits per heavy atom. The highest BCUT2D eigenvalue weighted by Gasteiger charge is 2.27. The van der Waals surface area contributed by atoms with Crippen LogP contribution in [0.2, 0.25) is 0 Å². The van der Waals surface area contributed by atoms with Gasteiger partial charge in [0, 0.05) is 16.5 Å². The van der Waals surface area contributed by atoms with Crippen LogP contribution >= 0.6 is 15.9 Å². The number of nitrogens with one attached hydrogen (secondary N) is 2. The van der Waals surface area contributed by atoms with Gasteiger partial charge in [-0.3, -0.25) is 0 Å². The first-order valence-electron chi connectivity index (χ1n) is 8.44. The molecule has 5 nitrogen and oxygen atoms in total. The molecule has 0 radical (unpaired) electrons. The van der Waals surface area contributed by atoms with Gasteiger partial charge < -0.3 is 15.7 Å². The van der Waals surface area contributed by atoms with Crippen LogP contribution in [0.4, 0.5) is 21.8 Å². The lowest BCUT2D eigenvalue weighted by Crippen LogP contribution is -2.30. The van der Waals surface area contributed by atoms with Crippen molar-refractivity contribution in [1.82, 2.24) is 9.97 Å². The van der Waals surface area contributed by atoms with Crippen LogP contribution in [0.3, 0.4) is 0 Å². The summed E-state index contributed by atoms with van der Waals surface area (Å²) >= 11 is 3.25. The Bertz CT molecular complexity index is 752. The van der Waals surface area contributed by atoms with Gasteiger partial charge >= 0.3 is 0 Å². The molecule has 0 aliphatic heterocycles. The summed E-state index contributed by atoms with van der Waals surface area (Å²) in [6.07, 6.45) is 2.21. The summed E-state index contributed by atoms with van der Waals surface area (Å²) in [4.78, 5) is 9.02. The molecular formula is C18H22BrFN4O. The zero-order chi connectivity index (χ0) is 18.0. The molecule has 1 aromatic heterocycles. The quantitative estimate of drug-likeness (QED) is 0.631. The van der Waals surface area contributed by atoms with E-state index in [1.807, 2.05) is 19.9 Å². The molecule has 1 atom stereocenters. The van der Waals surface area contributed by atoms with Gasteiger partial charge in [-0.15, -0.1) is 0 Å². The fraction of sp³-hybridized carbons (Fsp3) is 0.444. The van der Waals surface area contributed by atoms with Gasteiger partial charge in [0.15, 0.2) is 0 Å². The van der Waals surface area contributed by atoms with Crippen LogP contribution < -0.4 is 10.6 Å². The fourth-order valence-corrected chi connectivity index (χ4v) is 2.83. The number of halogens is 2. The summed E-state index contributed by atoms with van der Waals surface area (Å²) in [5.74, 6) is 1.31. The zero-order valence-corrected chi connectivity index (χ0v) is 15.8. The molecule has 7 heteroatoms. The van der Waals surface area contributed by atoms with Crippen molar-refractivity contribution in [1.29, 1.82) is 0 Å². The Kier molecular flexibility index (Phi) is 5.54. The summed E-state index contributed by atoms with van der Waals surface area (Å²) in [7, 11) is 0. The van der Waals surface area contributed by atoms with Gasteiger partial charge in [0.2, 0.25) is 5.95 Å². The van der Waals surface area contributed by atoms with Gasteiger partial charge in [-0.2, -0.15) is 4.98 Å². The monoisotopic (exact) mass is 408 g/mol. The molecule has 0 unspecified atom stereocenters. The number of aliphatic hydroxyl groups excluding tert-OH is 1. The maximum Gasteiger partial charge on any atom is 0.225 e. The molecule has 25 heavy (non-hydrogen) atoms. The molecule has 0 spiro atoms. The minimum atomic E-state index is -0.356. The van der Waals surface area contributed by atoms with Crippen LogP contribution in [-0.2, 0) is 0 Å². The smallest absolute Gasteiger partial charge is 0.225 e. The molecule has 0 bridgehead atoms. The van der Waals surface area contributed by atoms with Gasteiger partial charge in [0.1, 0.15) is 11.6 Å². The number of hydrogen-bond acceptors (Lipinski definition) is 5. The number of anilines is 3. The van der Waals surface area contributed by atoms with Crippen molar-refractivity contribution in [2.45, 2.75) is 38.6 Å². The van der Waals surface area contributed by atoms with Crippen molar-refractivity contribution in [3.05, 3.63) is 40.2 Å². The maximum absolute atomic E-state index is 14.1. The number of hydrogen-bond donors (Lipinski definition) is 3. The van der Waals surface area contributed by atoms with E-state index in [-0.39, 0.29) is 24.4 Å². The van der Waals surface area contributed by atoms with Gasteiger partial charge in [-0.25, -0.2) is 9.37 Å². The summed E-state index contributed by atoms with van der Waals surface area (Å²) < 4.78 is 14.8. The highest BCUT2D eigenvalue weighted by Crippen LogP contribution is 2.40. The molecule has 1 saturated carbocycles. The minimum Gasteiger partial charge on any atom is -0.394 e. The Morgan fingerprint density at radius 3 is 2.64 bits per heavy atom. The van der Waals surface area contributed by atoms with Crippen LogP contribution in [0.15, 0.2) is 28.7 Å². The highest BCUT2D eigenvalue weighted by atomic mass is 79.9. The van der Waals surface area contributed by atoms with Crippen LogP contribution in [0.25, 0.3) is 0 Å². The minimum absolute atomic E-state index is 0.00121. The number of benzene rings is 1. The van der Waals surface area contributed by atoms with Crippen molar-refractivity contribution in [2.24, 2.45) is 5.92 Å². The first-order chi connectivity index (χ1) is 12.0. The lowest BCUT2D eigenvalue weighted by Gasteiger charge is -2.20. The predicted octanol–water partition coefficient (Wildman–Crippen LogP) is 4.43. The largest absolute Gasteiger partial charge is 0.394 e. The zero-order valence-electron chi connectivity index (χ0n) is 14.3. The van der Waals surface area contributed by atoms with E-state index < -0.39 is 0 Å². The first-order valence-corrected chi connectivity index (χ1v) is 9.24. The molecule has 1 heterocycles. The standard InChI is InChI=1S/C18H22BrFN4O/c1-10(2)16(9-25)23-18-22-15(11-3-4-11)8-17(24-18)21-14-6-5-12(19)7-13(14)20/h5-8,10-11,16,25H,3-4,9H2,1-2H3,(H2,21,22,23,24)/t16-/m1/s1. The van der Waals surface area contributed by atoms with Crippen LogP contribution in [-0.4, -0.2) is 27.7 Å². The van der Waals surface area contributed by atoms with Crippen molar-refractivity contribution >= 4 is 33.4 Å². The van der Waals surface area contributed by atoms with Crippen LogP contribution in [0.1, 0.15) is 38.3 Å². The van der Waals surface area contributed by atoms with E-state index in [2.05, 4.69) is 36.5 Å². The molecule has 1 fully saturated rings. The third-order valence-corrected chi connectivity index (χ3v) is 4.74. The summed E-state index contributed by atoms with van der Waals surface area (Å²) in [5.41, 5.74) is 1.30. The van der Waals surface area contributed by atoms with Crippen LogP contribution in [0, 0.1) is 11.7 Å². The molecule has 1 aromatic carbocycles. The average Bonchev–Trinajstić information content (AvgIpc) is 3.40. The number of rotatable bonds is 7. The summed E-state index contributed by atoms with van der Waals surface area (Å²) in [6, 6.07) is 6.58. The number of aromatic nitrogens is 2. The normalized spacial score (nSPS) is 15.3. The Morgan fingerprint density at radius 1 is 1.28 bits per heavy atom. The van der Waals surface area contributed by atoms with Crippen LogP contribution in [0.5, 0.6) is 0 Å². The Labute approximate surface area is 155 Å². The third-order valence-electron chi connectivity index (χ3n) is 4.25. The lowest BCUT2D eigenvalue weighted by molar-refractivity contribution is 0.248. The Balaban J connectivity index is 1.87. The second kappa shape index (κ2) is 7.66. The molecule has 0 saturated heterocycles. The second-order valence-corrected chi connectivity index (χ2v) is 7.62. The van der Waals surface area contributed by atoms with Crippen molar-refractivity contribution in [3.8, 4) is 0 Å². The van der Waals surface area contributed by atoms with E-state index in [1.54, 1.807) is 12.1 Å². The van der Waals surface area contributed by atoms with Gasteiger partial charge in [0.05, 0.1) is 24.0 Å². The average molecular weight is 409 g/mol. The molecule has 1 aliphatic carbocycles. The number of nitrogens with zero attached hydrogens (tertiary/aromatic N) is 2. The lowest BCUT2D eigenvalue weighted by atomic mass is 10.1. The molecule has 2 aromatic rings. The third kappa shape index (κ3) is 4.67. The van der Waals surface area contributed by atoms with Crippen molar-refractivity contribution in [3.63, 3.8) is 0 Å². The van der Waals surface area contributed by atoms with E-state index in [4.69, 9.17) is 0 Å². The van der Waals surface area contributed by atoms with Crippen molar-refractivity contribution in [2.75, 3.05) is 17.2 Å². The van der Waals surface area contributed by atoms with Gasteiger partial charge in [-0.05, 0) is 37.0 Å². The van der Waals surface area contributed by atoms with E-state index in [9.17, 15) is 9.50 Å². The van der Waals surface area contributed by atoms with E-state index in [1.165, 1.54) is 6.07 Å². The fourth-order valence-electron chi connectivity index (χ4n) is 2.50. The summed E-state index contributed by atoms with van der Waals surface area (Å²) in [5, 5.41) is 15.7. The molecule has 134 valence electrons. The SMILES string of the molecule is CC(C)[C@@H](CO)Nc1nc(Nc2ccc(Br)cc2F)cc(C2CC2)n1. The van der Waals surface area contributed by atoms with E-state index >= 15 is 0 Å².